The van der Waals surface area contributed by atoms with E-state index in [1.165, 1.54) is 12.1 Å². The van der Waals surface area contributed by atoms with Crippen LogP contribution in [0.3, 0.4) is 0 Å². The van der Waals surface area contributed by atoms with Gasteiger partial charge in [-0.05, 0) is 35.7 Å². The Morgan fingerprint density at radius 1 is 1.22 bits per heavy atom. The summed E-state index contributed by atoms with van der Waals surface area (Å²) in [6.45, 7) is 1.25. The molecule has 0 amide bonds. The number of rotatable bonds is 3. The highest BCUT2D eigenvalue weighted by Crippen LogP contribution is 2.29. The molecule has 0 saturated carbocycles. The van der Waals surface area contributed by atoms with Crippen LogP contribution in [-0.4, -0.2) is 29.9 Å². The standard InChI is InChI=1S/C15H15F3N4O/c1-19-14-20-6-4-13(21-14)22-7-5-10-8-12(23-15(16,17)18)3-2-11(10)9-22/h2-4,6,8H,5,7,9H2,1H3,(H,19,20,21). The van der Waals surface area contributed by atoms with Crippen molar-refractivity contribution in [3.05, 3.63) is 41.6 Å². The summed E-state index contributed by atoms with van der Waals surface area (Å²) in [4.78, 5) is 10.5. The van der Waals surface area contributed by atoms with Crippen molar-refractivity contribution >= 4 is 11.8 Å². The lowest BCUT2D eigenvalue weighted by Crippen LogP contribution is -2.31. The van der Waals surface area contributed by atoms with Gasteiger partial charge in [-0.3, -0.25) is 0 Å². The van der Waals surface area contributed by atoms with Crippen molar-refractivity contribution in [2.45, 2.75) is 19.3 Å². The van der Waals surface area contributed by atoms with Crippen LogP contribution in [0.4, 0.5) is 24.9 Å². The van der Waals surface area contributed by atoms with Crippen LogP contribution in [0, 0.1) is 0 Å². The number of halogens is 3. The Kier molecular flexibility index (Phi) is 3.97. The van der Waals surface area contributed by atoms with Gasteiger partial charge in [-0.1, -0.05) is 6.07 Å². The Balaban J connectivity index is 1.78. The fourth-order valence-corrected chi connectivity index (χ4v) is 2.57. The monoisotopic (exact) mass is 324 g/mol. The number of fused-ring (bicyclic) bond motifs is 1. The molecule has 5 nitrogen and oxygen atoms in total. The maximum absolute atomic E-state index is 12.3. The summed E-state index contributed by atoms with van der Waals surface area (Å²) in [5.74, 6) is 1.14. The number of aromatic nitrogens is 2. The number of alkyl halides is 3. The second-order valence-electron chi connectivity index (χ2n) is 5.14. The predicted octanol–water partition coefficient (Wildman–Crippen LogP) is 2.98. The van der Waals surface area contributed by atoms with E-state index in [1.807, 2.05) is 6.07 Å². The summed E-state index contributed by atoms with van der Waals surface area (Å²) >= 11 is 0. The number of nitrogens with zero attached hydrogens (tertiary/aromatic N) is 3. The smallest absolute Gasteiger partial charge is 0.406 e. The van der Waals surface area contributed by atoms with Crippen LogP contribution < -0.4 is 15.0 Å². The maximum atomic E-state index is 12.3. The van der Waals surface area contributed by atoms with Crippen molar-refractivity contribution < 1.29 is 17.9 Å². The van der Waals surface area contributed by atoms with Gasteiger partial charge < -0.3 is 15.0 Å². The molecule has 2 aromatic rings. The zero-order valence-corrected chi connectivity index (χ0v) is 12.4. The first-order valence-electron chi connectivity index (χ1n) is 7.08. The molecule has 2 heterocycles. The van der Waals surface area contributed by atoms with Gasteiger partial charge in [0.1, 0.15) is 11.6 Å². The van der Waals surface area contributed by atoms with Crippen LogP contribution in [-0.2, 0) is 13.0 Å². The first kappa shape index (κ1) is 15.4. The summed E-state index contributed by atoms with van der Waals surface area (Å²) in [6.07, 6.45) is -2.37. The molecule has 23 heavy (non-hydrogen) atoms. The predicted molar refractivity (Wildman–Crippen MR) is 79.5 cm³/mol. The van der Waals surface area contributed by atoms with Crippen molar-refractivity contribution in [2.24, 2.45) is 0 Å². The molecule has 0 spiro atoms. The summed E-state index contributed by atoms with van der Waals surface area (Å²) in [6, 6.07) is 6.28. The number of anilines is 2. The first-order chi connectivity index (χ1) is 10.9. The number of hydrogen-bond acceptors (Lipinski definition) is 5. The van der Waals surface area contributed by atoms with Gasteiger partial charge >= 0.3 is 6.36 Å². The Bertz CT molecular complexity index is 705. The average Bonchev–Trinajstić information content (AvgIpc) is 2.53. The van der Waals surface area contributed by atoms with E-state index >= 15 is 0 Å². The molecule has 0 bridgehead atoms. The van der Waals surface area contributed by atoms with E-state index in [0.717, 1.165) is 16.9 Å². The Morgan fingerprint density at radius 3 is 2.78 bits per heavy atom. The lowest BCUT2D eigenvalue weighted by molar-refractivity contribution is -0.274. The molecule has 8 heteroatoms. The van der Waals surface area contributed by atoms with Crippen molar-refractivity contribution in [3.63, 3.8) is 0 Å². The van der Waals surface area contributed by atoms with Gasteiger partial charge in [0.05, 0.1) is 0 Å². The SMILES string of the molecule is CNc1nccc(N2CCc3cc(OC(F)(F)F)ccc3C2)n1. The lowest BCUT2D eigenvalue weighted by atomic mass is 9.99. The first-order valence-corrected chi connectivity index (χ1v) is 7.08. The fraction of sp³-hybridized carbons (Fsp3) is 0.333. The van der Waals surface area contributed by atoms with Gasteiger partial charge in [0, 0.05) is 26.3 Å². The molecule has 0 radical (unpaired) electrons. The molecule has 0 atom stereocenters. The van der Waals surface area contributed by atoms with Gasteiger partial charge in [-0.25, -0.2) is 4.98 Å². The summed E-state index contributed by atoms with van der Waals surface area (Å²) in [5.41, 5.74) is 1.83. The maximum Gasteiger partial charge on any atom is 0.573 e. The van der Waals surface area contributed by atoms with Gasteiger partial charge in [0.25, 0.3) is 0 Å². The number of hydrogen-bond donors (Lipinski definition) is 1. The number of benzene rings is 1. The van der Waals surface area contributed by atoms with Crippen molar-refractivity contribution in [3.8, 4) is 5.75 Å². The normalized spacial score (nSPS) is 14.3. The van der Waals surface area contributed by atoms with Crippen LogP contribution in [0.5, 0.6) is 5.75 Å². The highest BCUT2D eigenvalue weighted by Gasteiger charge is 2.31. The largest absolute Gasteiger partial charge is 0.573 e. The molecule has 1 aliphatic heterocycles. The molecule has 122 valence electrons. The molecule has 0 fully saturated rings. The Morgan fingerprint density at radius 2 is 2.04 bits per heavy atom. The van der Waals surface area contributed by atoms with Crippen molar-refractivity contribution in [2.75, 3.05) is 23.8 Å². The van der Waals surface area contributed by atoms with E-state index in [4.69, 9.17) is 0 Å². The van der Waals surface area contributed by atoms with Gasteiger partial charge in [0.2, 0.25) is 5.95 Å². The van der Waals surface area contributed by atoms with E-state index in [1.54, 1.807) is 19.3 Å². The zero-order chi connectivity index (χ0) is 16.4. The van der Waals surface area contributed by atoms with E-state index < -0.39 is 6.36 Å². The summed E-state index contributed by atoms with van der Waals surface area (Å²) in [7, 11) is 1.74. The highest BCUT2D eigenvalue weighted by molar-refractivity contribution is 5.47. The van der Waals surface area contributed by atoms with E-state index in [2.05, 4.69) is 24.9 Å². The second kappa shape index (κ2) is 5.94. The molecule has 0 unspecified atom stereocenters. The molecule has 3 rings (SSSR count). The molecular weight excluding hydrogens is 309 g/mol. The molecule has 1 aliphatic rings. The van der Waals surface area contributed by atoms with Crippen LogP contribution >= 0.6 is 0 Å². The van der Waals surface area contributed by atoms with Gasteiger partial charge in [-0.15, -0.1) is 13.2 Å². The number of nitrogens with one attached hydrogen (secondary N) is 1. The van der Waals surface area contributed by atoms with Gasteiger partial charge in [0.15, 0.2) is 0 Å². The van der Waals surface area contributed by atoms with Crippen LogP contribution in [0.1, 0.15) is 11.1 Å². The van der Waals surface area contributed by atoms with Crippen LogP contribution in [0.25, 0.3) is 0 Å². The molecule has 1 N–H and O–H groups in total. The fourth-order valence-electron chi connectivity index (χ4n) is 2.57. The summed E-state index contributed by atoms with van der Waals surface area (Å²) in [5, 5.41) is 2.88. The van der Waals surface area contributed by atoms with Crippen molar-refractivity contribution in [1.82, 2.24) is 9.97 Å². The minimum atomic E-state index is -4.67. The topological polar surface area (TPSA) is 50.3 Å². The average molecular weight is 324 g/mol. The van der Waals surface area contributed by atoms with Gasteiger partial charge in [-0.2, -0.15) is 4.98 Å². The third-order valence-corrected chi connectivity index (χ3v) is 3.61. The molecule has 1 aromatic carbocycles. The molecule has 0 saturated heterocycles. The highest BCUT2D eigenvalue weighted by atomic mass is 19.4. The van der Waals surface area contributed by atoms with E-state index in [0.29, 0.717) is 25.5 Å². The molecular formula is C15H15F3N4O. The third-order valence-electron chi connectivity index (χ3n) is 3.61. The van der Waals surface area contributed by atoms with E-state index in [-0.39, 0.29) is 5.75 Å². The quantitative estimate of drug-likeness (QED) is 0.941. The van der Waals surface area contributed by atoms with Crippen LogP contribution in [0.15, 0.2) is 30.5 Å². The van der Waals surface area contributed by atoms with Crippen LogP contribution in [0.2, 0.25) is 0 Å². The summed E-state index contributed by atoms with van der Waals surface area (Å²) < 4.78 is 40.8. The zero-order valence-electron chi connectivity index (χ0n) is 12.4. The second-order valence-corrected chi connectivity index (χ2v) is 5.14. The third kappa shape index (κ3) is 3.64. The van der Waals surface area contributed by atoms with Crippen molar-refractivity contribution in [1.29, 1.82) is 0 Å². The Hall–Kier alpha value is -2.51. The minimum Gasteiger partial charge on any atom is -0.406 e. The number of ether oxygens (including phenoxy) is 1. The molecule has 0 aliphatic carbocycles. The molecule has 1 aromatic heterocycles. The lowest BCUT2D eigenvalue weighted by Gasteiger charge is -2.30. The minimum absolute atomic E-state index is 0.177. The Labute approximate surface area is 131 Å². The van der Waals surface area contributed by atoms with E-state index in [9.17, 15) is 13.2 Å².